The normalized spacial score (nSPS) is 19.3. The molecule has 0 saturated carbocycles. The first-order valence-corrected chi connectivity index (χ1v) is 13.6. The van der Waals surface area contributed by atoms with Crippen molar-refractivity contribution in [1.82, 2.24) is 9.80 Å². The van der Waals surface area contributed by atoms with Crippen molar-refractivity contribution >= 4 is 0 Å². The summed E-state index contributed by atoms with van der Waals surface area (Å²) < 4.78 is 0. The highest BCUT2D eigenvalue weighted by atomic mass is 16.2. The zero-order valence-electron chi connectivity index (χ0n) is 22.1. The molecule has 1 aromatic carbocycles. The van der Waals surface area contributed by atoms with E-state index in [9.17, 15) is 5.11 Å². The summed E-state index contributed by atoms with van der Waals surface area (Å²) in [5.74, 6) is 0. The smallest absolute Gasteiger partial charge is 0.0434 e. The second-order valence-corrected chi connectivity index (χ2v) is 9.94. The molecule has 0 atom stereocenters. The van der Waals surface area contributed by atoms with Gasteiger partial charge in [0.1, 0.15) is 0 Å². The van der Waals surface area contributed by atoms with Crippen molar-refractivity contribution in [2.24, 2.45) is 0 Å². The first-order valence-electron chi connectivity index (χ1n) is 13.6. The van der Waals surface area contributed by atoms with Crippen LogP contribution in [0.3, 0.4) is 0 Å². The van der Waals surface area contributed by atoms with Crippen LogP contribution < -0.4 is 0 Å². The van der Waals surface area contributed by atoms with Crippen LogP contribution in [0.2, 0.25) is 0 Å². The molecule has 1 aliphatic heterocycles. The molecule has 0 bridgehead atoms. The van der Waals surface area contributed by atoms with E-state index in [0.717, 1.165) is 64.8 Å². The van der Waals surface area contributed by atoms with Crippen molar-refractivity contribution in [2.75, 3.05) is 39.3 Å². The highest BCUT2D eigenvalue weighted by molar-refractivity contribution is 5.56. The molecule has 190 valence electrons. The molecule has 1 fully saturated rings. The summed E-state index contributed by atoms with van der Waals surface area (Å²) in [5, 5.41) is 9.72. The lowest BCUT2D eigenvalue weighted by Crippen LogP contribution is -2.45. The summed E-state index contributed by atoms with van der Waals surface area (Å²) in [4.78, 5) is 5.09. The maximum absolute atomic E-state index is 9.72. The van der Waals surface area contributed by atoms with Gasteiger partial charge in [-0.05, 0) is 73.1 Å². The van der Waals surface area contributed by atoms with Crippen LogP contribution in [-0.4, -0.2) is 54.2 Å². The number of aryl methyl sites for hydroxylation is 1. The topological polar surface area (TPSA) is 26.7 Å². The van der Waals surface area contributed by atoms with Crippen LogP contribution >= 0.6 is 0 Å². The Morgan fingerprint density at radius 1 is 0.861 bits per heavy atom. The molecule has 0 aromatic heterocycles. The number of likely N-dealkylation sites (N-methyl/N-ethyl adjacent to an activating group) is 1. The first kappa shape index (κ1) is 26.2. The Hall–Kier alpha value is -2.88. The molecule has 0 spiro atoms. The minimum Gasteiger partial charge on any atom is -0.396 e. The Bertz CT molecular complexity index is 1090. The molecule has 1 N–H and O–H groups in total. The third-order valence-corrected chi connectivity index (χ3v) is 7.43. The van der Waals surface area contributed by atoms with Crippen LogP contribution in [0.4, 0.5) is 0 Å². The maximum Gasteiger partial charge on any atom is 0.0434 e. The van der Waals surface area contributed by atoms with Crippen LogP contribution in [0.1, 0.15) is 43.7 Å². The minimum absolute atomic E-state index is 0.205. The number of hydrogen-bond donors (Lipinski definition) is 1. The average molecular weight is 483 g/mol. The van der Waals surface area contributed by atoms with E-state index in [4.69, 9.17) is 0 Å². The fraction of sp³-hybridized carbons (Fsp3) is 0.394. The van der Waals surface area contributed by atoms with Gasteiger partial charge in [0.2, 0.25) is 0 Å². The zero-order chi connectivity index (χ0) is 25.2. The Morgan fingerprint density at radius 2 is 1.61 bits per heavy atom. The molecule has 2 aliphatic carbocycles. The van der Waals surface area contributed by atoms with Gasteiger partial charge < -0.3 is 14.9 Å². The van der Waals surface area contributed by atoms with E-state index in [-0.39, 0.29) is 6.61 Å². The quantitative estimate of drug-likeness (QED) is 0.438. The third-order valence-electron chi connectivity index (χ3n) is 7.43. The summed E-state index contributed by atoms with van der Waals surface area (Å²) >= 11 is 0. The Labute approximate surface area is 218 Å². The fourth-order valence-electron chi connectivity index (χ4n) is 5.20. The lowest BCUT2D eigenvalue weighted by atomic mass is 9.86. The Kier molecular flexibility index (Phi) is 9.77. The van der Waals surface area contributed by atoms with Crippen LogP contribution in [-0.2, 0) is 6.42 Å². The Morgan fingerprint density at radius 3 is 2.36 bits per heavy atom. The first-order chi connectivity index (χ1) is 17.7. The van der Waals surface area contributed by atoms with Gasteiger partial charge in [-0.25, -0.2) is 0 Å². The lowest BCUT2D eigenvalue weighted by molar-refractivity contribution is 0.163. The predicted molar refractivity (Wildman–Crippen MR) is 153 cm³/mol. The van der Waals surface area contributed by atoms with Crippen molar-refractivity contribution in [3.8, 4) is 0 Å². The molecule has 1 aromatic rings. The van der Waals surface area contributed by atoms with Crippen molar-refractivity contribution in [3.05, 3.63) is 118 Å². The zero-order valence-corrected chi connectivity index (χ0v) is 22.1. The number of benzene rings is 1. The van der Waals surface area contributed by atoms with Crippen molar-refractivity contribution < 1.29 is 5.11 Å². The van der Waals surface area contributed by atoms with Crippen molar-refractivity contribution in [3.63, 3.8) is 0 Å². The monoisotopic (exact) mass is 482 g/mol. The van der Waals surface area contributed by atoms with Gasteiger partial charge in [-0.2, -0.15) is 0 Å². The summed E-state index contributed by atoms with van der Waals surface area (Å²) in [6.07, 6.45) is 24.9. The van der Waals surface area contributed by atoms with Crippen LogP contribution in [0.25, 0.3) is 0 Å². The van der Waals surface area contributed by atoms with Gasteiger partial charge >= 0.3 is 0 Å². The number of allylic oxidation sites excluding steroid dienone is 13. The van der Waals surface area contributed by atoms with Gasteiger partial charge in [0, 0.05) is 44.9 Å². The van der Waals surface area contributed by atoms with E-state index in [1.54, 1.807) is 0 Å². The van der Waals surface area contributed by atoms with E-state index in [1.807, 2.05) is 0 Å². The number of piperazine rings is 1. The SMILES string of the molecule is CCN1CCN(C2=CC=C(/C(Cc3ccc(C)cc3)=C(/CCCO)C3=CC=CCC=C3)C=CC2)CC1. The summed E-state index contributed by atoms with van der Waals surface area (Å²) in [7, 11) is 0. The number of hydrogen-bond acceptors (Lipinski definition) is 3. The molecular formula is C33H42N2O. The molecule has 1 heterocycles. The van der Waals surface area contributed by atoms with Gasteiger partial charge in [0.05, 0.1) is 0 Å². The summed E-state index contributed by atoms with van der Waals surface area (Å²) in [6, 6.07) is 8.93. The van der Waals surface area contributed by atoms with Gasteiger partial charge in [-0.3, -0.25) is 0 Å². The fourth-order valence-corrected chi connectivity index (χ4v) is 5.20. The number of nitrogens with zero attached hydrogens (tertiary/aromatic N) is 2. The summed E-state index contributed by atoms with van der Waals surface area (Å²) in [6.45, 7) is 10.2. The summed E-state index contributed by atoms with van der Waals surface area (Å²) in [5.41, 5.74) is 9.28. The lowest BCUT2D eigenvalue weighted by Gasteiger charge is -2.36. The van der Waals surface area contributed by atoms with Gasteiger partial charge in [-0.15, -0.1) is 0 Å². The average Bonchev–Trinajstić information content (AvgIpc) is 3.33. The molecular weight excluding hydrogens is 440 g/mol. The van der Waals surface area contributed by atoms with Gasteiger partial charge in [0.15, 0.2) is 0 Å². The molecule has 3 aliphatic rings. The van der Waals surface area contributed by atoms with Gasteiger partial charge in [-0.1, -0.05) is 85.4 Å². The largest absolute Gasteiger partial charge is 0.396 e. The second kappa shape index (κ2) is 13.4. The molecule has 1 saturated heterocycles. The van der Waals surface area contributed by atoms with E-state index in [1.165, 1.54) is 39.1 Å². The molecule has 0 amide bonds. The maximum atomic E-state index is 9.72. The minimum atomic E-state index is 0.205. The second-order valence-electron chi connectivity index (χ2n) is 9.94. The van der Waals surface area contributed by atoms with Gasteiger partial charge in [0.25, 0.3) is 0 Å². The van der Waals surface area contributed by atoms with E-state index in [0.29, 0.717) is 0 Å². The molecule has 0 unspecified atom stereocenters. The standard InChI is InChI=1S/C33H42N2O/c1-3-34-21-23-35(24-22-34)31-13-8-12-30(19-20-31)33(26-28-17-15-27(2)16-18-28)32(14-9-25-36)29-10-6-4-5-7-11-29/h4,6-8,10-12,15-20,36H,3,5,9,13-14,21-26H2,1-2H3/b33-32-. The van der Waals surface area contributed by atoms with E-state index < -0.39 is 0 Å². The molecule has 3 nitrogen and oxygen atoms in total. The van der Waals surface area contributed by atoms with Crippen molar-refractivity contribution in [1.29, 1.82) is 0 Å². The van der Waals surface area contributed by atoms with Crippen LogP contribution in [0, 0.1) is 6.92 Å². The third kappa shape index (κ3) is 7.09. The van der Waals surface area contributed by atoms with Crippen molar-refractivity contribution in [2.45, 2.75) is 46.0 Å². The number of rotatable bonds is 9. The van der Waals surface area contributed by atoms with Crippen LogP contribution in [0.15, 0.2) is 107 Å². The molecule has 3 heteroatoms. The molecule has 36 heavy (non-hydrogen) atoms. The highest BCUT2D eigenvalue weighted by Crippen LogP contribution is 2.32. The van der Waals surface area contributed by atoms with E-state index in [2.05, 4.69) is 103 Å². The van der Waals surface area contributed by atoms with E-state index >= 15 is 0 Å². The predicted octanol–water partition coefficient (Wildman–Crippen LogP) is 6.46. The number of aliphatic hydroxyl groups is 1. The Balaban J connectivity index is 1.73. The molecule has 0 radical (unpaired) electrons. The number of aliphatic hydroxyl groups excluding tert-OH is 1. The molecule has 4 rings (SSSR count). The van der Waals surface area contributed by atoms with Crippen LogP contribution in [0.5, 0.6) is 0 Å². The highest BCUT2D eigenvalue weighted by Gasteiger charge is 2.19.